The van der Waals surface area contributed by atoms with Crippen LogP contribution in [0.3, 0.4) is 0 Å². The number of fused-ring (bicyclic) bond motifs is 1. The Labute approximate surface area is 118 Å². The summed E-state index contributed by atoms with van der Waals surface area (Å²) in [5, 5.41) is 33.3. The number of hydrogen-bond acceptors (Lipinski definition) is 6. The number of nitrogens with zero attached hydrogens (tertiary/aromatic N) is 5. The van der Waals surface area contributed by atoms with Crippen LogP contribution in [-0.2, 0) is 0 Å². The van der Waals surface area contributed by atoms with Crippen LogP contribution < -0.4 is 0 Å². The lowest BCUT2D eigenvalue weighted by atomic mass is 10.0. The van der Waals surface area contributed by atoms with Crippen molar-refractivity contribution in [3.8, 4) is 5.75 Å². The van der Waals surface area contributed by atoms with Gasteiger partial charge in [-0.05, 0) is 6.07 Å². The lowest BCUT2D eigenvalue weighted by Gasteiger charge is -2.05. The van der Waals surface area contributed by atoms with Crippen molar-refractivity contribution in [1.29, 1.82) is 0 Å². The number of benzene rings is 2. The van der Waals surface area contributed by atoms with Crippen LogP contribution in [0.1, 0.15) is 5.56 Å². The molecule has 0 radical (unpaired) electrons. The molecule has 104 valence electrons. The van der Waals surface area contributed by atoms with Gasteiger partial charge in [0.2, 0.25) is 0 Å². The normalized spacial score (nSPS) is 11.2. The summed E-state index contributed by atoms with van der Waals surface area (Å²) in [7, 11) is 0. The topological polar surface area (TPSA) is 106 Å². The molecule has 0 saturated carbocycles. The van der Waals surface area contributed by atoms with E-state index in [0.717, 1.165) is 0 Å². The van der Waals surface area contributed by atoms with Crippen LogP contribution in [0.2, 0.25) is 0 Å². The first kappa shape index (κ1) is 12.7. The fourth-order valence-electron chi connectivity index (χ4n) is 2.00. The zero-order valence-electron chi connectivity index (χ0n) is 10.6. The van der Waals surface area contributed by atoms with Crippen LogP contribution in [0.5, 0.6) is 5.75 Å². The molecule has 0 amide bonds. The Morgan fingerprint density at radius 1 is 1.24 bits per heavy atom. The van der Waals surface area contributed by atoms with Gasteiger partial charge < -0.3 is 5.11 Å². The zero-order valence-corrected chi connectivity index (χ0v) is 10.6. The summed E-state index contributed by atoms with van der Waals surface area (Å²) in [6.07, 6.45) is 4.05. The molecule has 0 aliphatic rings. The Morgan fingerprint density at radius 2 is 1.90 bits per heavy atom. The van der Waals surface area contributed by atoms with E-state index in [-0.39, 0.29) is 17.0 Å². The van der Waals surface area contributed by atoms with Crippen LogP contribution in [0.15, 0.2) is 48.1 Å². The molecule has 0 spiro atoms. The average molecular weight is 283 g/mol. The molecule has 2 aromatic carbocycles. The van der Waals surface area contributed by atoms with Crippen LogP contribution in [0.25, 0.3) is 10.8 Å². The van der Waals surface area contributed by atoms with Crippen molar-refractivity contribution in [3.63, 3.8) is 0 Å². The number of non-ortho nitro benzene ring substituents is 1. The van der Waals surface area contributed by atoms with Crippen LogP contribution in [0, 0.1) is 10.1 Å². The highest BCUT2D eigenvalue weighted by Crippen LogP contribution is 2.34. The predicted molar refractivity (Wildman–Crippen MR) is 75.3 cm³/mol. The molecule has 1 N–H and O–H groups in total. The molecular formula is C13H9N5O3. The smallest absolute Gasteiger partial charge is 0.278 e. The quantitative estimate of drug-likeness (QED) is 0.449. The summed E-state index contributed by atoms with van der Waals surface area (Å²) >= 11 is 0. The fraction of sp³-hybridized carbons (Fsp3) is 0. The highest BCUT2D eigenvalue weighted by atomic mass is 16.6. The third kappa shape index (κ3) is 2.29. The molecule has 0 aliphatic carbocycles. The monoisotopic (exact) mass is 283 g/mol. The van der Waals surface area contributed by atoms with Crippen LogP contribution in [-0.4, -0.2) is 31.1 Å². The number of nitro groups is 1. The second-order valence-electron chi connectivity index (χ2n) is 4.22. The molecular weight excluding hydrogens is 274 g/mol. The maximum absolute atomic E-state index is 11.2. The van der Waals surface area contributed by atoms with E-state index >= 15 is 0 Å². The molecule has 21 heavy (non-hydrogen) atoms. The van der Waals surface area contributed by atoms with Crippen molar-refractivity contribution >= 4 is 22.7 Å². The highest BCUT2D eigenvalue weighted by Gasteiger charge is 2.17. The summed E-state index contributed by atoms with van der Waals surface area (Å²) in [6, 6.07) is 7.87. The number of aromatic nitrogens is 3. The summed E-state index contributed by atoms with van der Waals surface area (Å²) < 4.78 is 1.32. The number of phenols is 1. The number of phenolic OH excluding ortho intramolecular Hbond substituents is 1. The van der Waals surface area contributed by atoms with Crippen molar-refractivity contribution in [2.75, 3.05) is 0 Å². The lowest BCUT2D eigenvalue weighted by molar-refractivity contribution is -0.383. The Hall–Kier alpha value is -3.29. The second kappa shape index (κ2) is 5.00. The van der Waals surface area contributed by atoms with Crippen molar-refractivity contribution in [2.45, 2.75) is 0 Å². The minimum absolute atomic E-state index is 0.0620. The molecule has 3 rings (SSSR count). The highest BCUT2D eigenvalue weighted by molar-refractivity contribution is 6.02. The van der Waals surface area contributed by atoms with Gasteiger partial charge in [-0.3, -0.25) is 10.1 Å². The molecule has 0 atom stereocenters. The van der Waals surface area contributed by atoms with E-state index in [1.54, 1.807) is 24.3 Å². The van der Waals surface area contributed by atoms with Gasteiger partial charge in [-0.25, -0.2) is 4.68 Å². The average Bonchev–Trinajstić information content (AvgIpc) is 3.00. The molecule has 8 heteroatoms. The minimum atomic E-state index is -0.488. The van der Waals surface area contributed by atoms with E-state index in [2.05, 4.69) is 15.3 Å². The molecule has 0 unspecified atom stereocenters. The summed E-state index contributed by atoms with van der Waals surface area (Å²) in [5.74, 6) is -0.0620. The van der Waals surface area contributed by atoms with Crippen LogP contribution in [0.4, 0.5) is 5.69 Å². The van der Waals surface area contributed by atoms with E-state index in [0.29, 0.717) is 10.8 Å². The first-order chi connectivity index (χ1) is 10.2. The number of rotatable bonds is 3. The summed E-state index contributed by atoms with van der Waals surface area (Å²) in [5.41, 5.74) is 0.155. The molecule has 0 saturated heterocycles. The fourth-order valence-corrected chi connectivity index (χ4v) is 2.00. The van der Waals surface area contributed by atoms with Gasteiger partial charge in [0.25, 0.3) is 5.69 Å². The molecule has 0 fully saturated rings. The molecule has 3 aromatic rings. The molecule has 8 nitrogen and oxygen atoms in total. The van der Waals surface area contributed by atoms with E-state index < -0.39 is 4.92 Å². The number of nitro benzene ring substituents is 1. The van der Waals surface area contributed by atoms with Gasteiger partial charge in [0.1, 0.15) is 18.4 Å². The van der Waals surface area contributed by atoms with E-state index in [9.17, 15) is 15.2 Å². The van der Waals surface area contributed by atoms with Gasteiger partial charge in [-0.1, -0.05) is 18.2 Å². The first-order valence-electron chi connectivity index (χ1n) is 5.95. The standard InChI is InChI=1S/C13H9N5O3/c19-13-9(6-16-17-7-14-15-8-17)5-12(18(20)21)10-3-1-2-4-11(10)13/h1-8,19H/b16-6-. The van der Waals surface area contributed by atoms with Gasteiger partial charge in [0.05, 0.1) is 16.5 Å². The second-order valence-corrected chi connectivity index (χ2v) is 4.22. The number of aromatic hydroxyl groups is 1. The lowest BCUT2D eigenvalue weighted by Crippen LogP contribution is -1.94. The summed E-state index contributed by atoms with van der Waals surface area (Å²) in [6.45, 7) is 0. The van der Waals surface area contributed by atoms with Gasteiger partial charge in [-0.2, -0.15) is 5.10 Å². The van der Waals surface area contributed by atoms with Crippen molar-refractivity contribution in [2.24, 2.45) is 5.10 Å². The maximum atomic E-state index is 11.2. The van der Waals surface area contributed by atoms with Crippen molar-refractivity contribution in [1.82, 2.24) is 14.9 Å². The molecule has 0 aliphatic heterocycles. The molecule has 0 bridgehead atoms. The van der Waals surface area contributed by atoms with Gasteiger partial charge in [0.15, 0.2) is 0 Å². The Bertz CT molecular complexity index is 842. The zero-order chi connectivity index (χ0) is 14.8. The maximum Gasteiger partial charge on any atom is 0.278 e. The van der Waals surface area contributed by atoms with E-state index in [4.69, 9.17) is 0 Å². The van der Waals surface area contributed by atoms with E-state index in [1.807, 2.05) is 0 Å². The third-order valence-corrected chi connectivity index (χ3v) is 2.96. The molecule has 1 aromatic heterocycles. The van der Waals surface area contributed by atoms with Gasteiger partial charge in [0, 0.05) is 17.0 Å². The largest absolute Gasteiger partial charge is 0.507 e. The van der Waals surface area contributed by atoms with Gasteiger partial charge in [-0.15, -0.1) is 10.2 Å². The SMILES string of the molecule is O=[N+]([O-])c1cc(/C=N\n2cnnc2)c(O)c2ccccc12. The van der Waals surface area contributed by atoms with E-state index in [1.165, 1.54) is 29.6 Å². The van der Waals surface area contributed by atoms with Crippen molar-refractivity contribution in [3.05, 3.63) is 58.7 Å². The number of hydrogen-bond donors (Lipinski definition) is 1. The van der Waals surface area contributed by atoms with Crippen LogP contribution >= 0.6 is 0 Å². The Kier molecular flexibility index (Phi) is 3.03. The summed E-state index contributed by atoms with van der Waals surface area (Å²) in [4.78, 5) is 10.7. The first-order valence-corrected chi connectivity index (χ1v) is 5.95. The minimum Gasteiger partial charge on any atom is -0.507 e. The Morgan fingerprint density at radius 3 is 2.57 bits per heavy atom. The molecule has 1 heterocycles. The van der Waals surface area contributed by atoms with Gasteiger partial charge >= 0.3 is 0 Å². The Balaban J connectivity index is 2.19. The van der Waals surface area contributed by atoms with Crippen molar-refractivity contribution < 1.29 is 10.0 Å². The predicted octanol–water partition coefficient (Wildman–Crippen LogP) is 1.93. The third-order valence-electron chi connectivity index (χ3n) is 2.96.